The van der Waals surface area contributed by atoms with Gasteiger partial charge in [-0.3, -0.25) is 0 Å². The minimum absolute atomic E-state index is 0.134. The molecule has 2 aromatic carbocycles. The lowest BCUT2D eigenvalue weighted by atomic mass is 10.1. The maximum Gasteiger partial charge on any atom is 0.573 e. The number of ether oxygens (including phenoxy) is 1. The molecule has 0 aliphatic carbocycles. The Morgan fingerprint density at radius 3 is 2.23 bits per heavy atom. The first-order valence-electron chi connectivity index (χ1n) is 6.60. The van der Waals surface area contributed by atoms with Gasteiger partial charge in [0, 0.05) is 12.7 Å². The molecule has 0 spiro atoms. The molecule has 6 heteroatoms. The van der Waals surface area contributed by atoms with E-state index in [-0.39, 0.29) is 17.6 Å². The summed E-state index contributed by atoms with van der Waals surface area (Å²) in [5, 5.41) is 0. The third-order valence-corrected chi connectivity index (χ3v) is 3.39. The molecule has 0 saturated heterocycles. The zero-order valence-corrected chi connectivity index (χ0v) is 12.1. The summed E-state index contributed by atoms with van der Waals surface area (Å²) < 4.78 is 53.5. The van der Waals surface area contributed by atoms with Gasteiger partial charge in [-0.2, -0.15) is 0 Å². The third kappa shape index (κ3) is 4.13. The van der Waals surface area contributed by atoms with Gasteiger partial charge in [0.15, 0.2) is 0 Å². The summed E-state index contributed by atoms with van der Waals surface area (Å²) in [6, 6.07) is 11.6. The Morgan fingerprint density at radius 1 is 1.05 bits per heavy atom. The highest BCUT2D eigenvalue weighted by atomic mass is 19.4. The van der Waals surface area contributed by atoms with E-state index in [9.17, 15) is 17.6 Å². The van der Waals surface area contributed by atoms with Crippen LogP contribution in [0.5, 0.6) is 5.75 Å². The van der Waals surface area contributed by atoms with Gasteiger partial charge in [-0.25, -0.2) is 4.39 Å². The van der Waals surface area contributed by atoms with E-state index < -0.39 is 6.36 Å². The molecule has 1 unspecified atom stereocenters. The third-order valence-electron chi connectivity index (χ3n) is 3.39. The molecule has 0 aliphatic rings. The first-order valence-corrected chi connectivity index (χ1v) is 6.60. The molecular weight excluding hydrogens is 298 g/mol. The lowest BCUT2D eigenvalue weighted by Gasteiger charge is -2.27. The summed E-state index contributed by atoms with van der Waals surface area (Å²) in [6.45, 7) is 1.88. The molecule has 2 rings (SSSR count). The maximum atomic E-state index is 13.3. The van der Waals surface area contributed by atoms with Crippen molar-refractivity contribution in [3.8, 4) is 5.75 Å². The minimum atomic E-state index is -4.71. The lowest BCUT2D eigenvalue weighted by Crippen LogP contribution is -2.21. The van der Waals surface area contributed by atoms with Crippen LogP contribution in [0.25, 0.3) is 0 Å². The SMILES string of the molecule is CC(c1cccc(F)c1)N(C)c1ccc(OC(F)(F)F)cc1. The summed E-state index contributed by atoms with van der Waals surface area (Å²) in [5.74, 6) is -0.602. The van der Waals surface area contributed by atoms with Crippen molar-refractivity contribution < 1.29 is 22.3 Å². The van der Waals surface area contributed by atoms with Crippen LogP contribution in [-0.4, -0.2) is 13.4 Å². The van der Waals surface area contributed by atoms with Crippen molar-refractivity contribution >= 4 is 5.69 Å². The number of hydrogen-bond acceptors (Lipinski definition) is 2. The molecule has 0 radical (unpaired) electrons. The molecule has 0 heterocycles. The van der Waals surface area contributed by atoms with Crippen molar-refractivity contribution in [3.05, 3.63) is 59.9 Å². The first-order chi connectivity index (χ1) is 10.3. The fourth-order valence-corrected chi connectivity index (χ4v) is 2.10. The van der Waals surface area contributed by atoms with Gasteiger partial charge in [-0.05, 0) is 48.9 Å². The molecular formula is C16H15F4NO. The molecule has 2 nitrogen and oxygen atoms in total. The quantitative estimate of drug-likeness (QED) is 0.743. The Morgan fingerprint density at radius 2 is 1.68 bits per heavy atom. The zero-order valence-electron chi connectivity index (χ0n) is 12.1. The molecule has 118 valence electrons. The minimum Gasteiger partial charge on any atom is -0.406 e. The van der Waals surface area contributed by atoms with E-state index in [0.717, 1.165) is 5.56 Å². The predicted molar refractivity (Wildman–Crippen MR) is 76.3 cm³/mol. The van der Waals surface area contributed by atoms with Crippen molar-refractivity contribution in [1.29, 1.82) is 0 Å². The van der Waals surface area contributed by atoms with Crippen LogP contribution in [0.3, 0.4) is 0 Å². The van der Waals surface area contributed by atoms with Gasteiger partial charge in [-0.1, -0.05) is 12.1 Å². The van der Waals surface area contributed by atoms with Gasteiger partial charge in [0.1, 0.15) is 11.6 Å². The van der Waals surface area contributed by atoms with Gasteiger partial charge in [-0.15, -0.1) is 13.2 Å². The number of rotatable bonds is 4. The highest BCUT2D eigenvalue weighted by molar-refractivity contribution is 5.50. The molecule has 22 heavy (non-hydrogen) atoms. The number of alkyl halides is 3. The van der Waals surface area contributed by atoms with Crippen LogP contribution in [0.15, 0.2) is 48.5 Å². The Hall–Kier alpha value is -2.24. The van der Waals surface area contributed by atoms with Crippen LogP contribution in [0.2, 0.25) is 0 Å². The Kier molecular flexibility index (Phi) is 4.59. The predicted octanol–water partition coefficient (Wildman–Crippen LogP) is 4.92. The molecule has 0 bridgehead atoms. The molecule has 1 atom stereocenters. The number of nitrogens with zero attached hydrogens (tertiary/aromatic N) is 1. The average molecular weight is 313 g/mol. The monoisotopic (exact) mass is 313 g/mol. The van der Waals surface area contributed by atoms with Crippen molar-refractivity contribution in [2.75, 3.05) is 11.9 Å². The van der Waals surface area contributed by atoms with Crippen molar-refractivity contribution in [2.45, 2.75) is 19.3 Å². The van der Waals surface area contributed by atoms with Crippen molar-refractivity contribution in [2.24, 2.45) is 0 Å². The van der Waals surface area contributed by atoms with Crippen LogP contribution >= 0.6 is 0 Å². The smallest absolute Gasteiger partial charge is 0.406 e. The van der Waals surface area contributed by atoms with Crippen LogP contribution in [0.1, 0.15) is 18.5 Å². The average Bonchev–Trinajstić information content (AvgIpc) is 2.45. The van der Waals surface area contributed by atoms with Crippen LogP contribution < -0.4 is 9.64 Å². The van der Waals surface area contributed by atoms with Crippen LogP contribution in [0.4, 0.5) is 23.2 Å². The summed E-state index contributed by atoms with van der Waals surface area (Å²) in [5.41, 5.74) is 1.48. The molecule has 0 amide bonds. The van der Waals surface area contributed by atoms with Gasteiger partial charge in [0.25, 0.3) is 0 Å². The first kappa shape index (κ1) is 16.1. The number of halogens is 4. The highest BCUT2D eigenvalue weighted by Gasteiger charge is 2.31. The van der Waals surface area contributed by atoms with Crippen molar-refractivity contribution in [3.63, 3.8) is 0 Å². The summed E-state index contributed by atoms with van der Waals surface area (Å²) >= 11 is 0. The van der Waals surface area contributed by atoms with E-state index >= 15 is 0 Å². The number of anilines is 1. The van der Waals surface area contributed by atoms with Crippen molar-refractivity contribution in [1.82, 2.24) is 0 Å². The summed E-state index contributed by atoms with van der Waals surface area (Å²) in [6.07, 6.45) is -4.71. The molecule has 0 saturated carbocycles. The van der Waals surface area contributed by atoms with Gasteiger partial charge in [0.05, 0.1) is 6.04 Å². The number of benzene rings is 2. The topological polar surface area (TPSA) is 12.5 Å². The summed E-state index contributed by atoms with van der Waals surface area (Å²) in [4.78, 5) is 1.84. The standard InChI is InChI=1S/C16H15F4NO/c1-11(12-4-3-5-13(17)10-12)21(2)14-6-8-15(9-7-14)22-16(18,19)20/h3-11H,1-2H3. The second kappa shape index (κ2) is 6.25. The number of hydrogen-bond donors (Lipinski definition) is 0. The Balaban J connectivity index is 2.14. The zero-order chi connectivity index (χ0) is 16.3. The fraction of sp³-hybridized carbons (Fsp3) is 0.250. The van der Waals surface area contributed by atoms with Gasteiger partial charge in [0.2, 0.25) is 0 Å². The van der Waals surface area contributed by atoms with E-state index in [2.05, 4.69) is 4.74 Å². The second-order valence-electron chi connectivity index (χ2n) is 4.88. The van der Waals surface area contributed by atoms with E-state index in [0.29, 0.717) is 5.69 Å². The molecule has 2 aromatic rings. The van der Waals surface area contributed by atoms with E-state index in [1.165, 1.54) is 36.4 Å². The molecule has 0 fully saturated rings. The van der Waals surface area contributed by atoms with E-state index in [1.54, 1.807) is 19.2 Å². The molecule has 0 aromatic heterocycles. The fourth-order valence-electron chi connectivity index (χ4n) is 2.10. The normalized spacial score (nSPS) is 12.8. The Bertz CT molecular complexity index is 625. The van der Waals surface area contributed by atoms with Crippen LogP contribution in [-0.2, 0) is 0 Å². The van der Waals surface area contributed by atoms with Crippen LogP contribution in [0, 0.1) is 5.82 Å². The van der Waals surface area contributed by atoms with Gasteiger partial charge < -0.3 is 9.64 Å². The molecule has 0 aliphatic heterocycles. The second-order valence-corrected chi connectivity index (χ2v) is 4.88. The largest absolute Gasteiger partial charge is 0.573 e. The van der Waals surface area contributed by atoms with E-state index in [1.807, 2.05) is 11.8 Å². The highest BCUT2D eigenvalue weighted by Crippen LogP contribution is 2.29. The molecule has 0 N–H and O–H groups in total. The Labute approximate surface area is 125 Å². The maximum absolute atomic E-state index is 13.3. The lowest BCUT2D eigenvalue weighted by molar-refractivity contribution is -0.274. The van der Waals surface area contributed by atoms with E-state index in [4.69, 9.17) is 0 Å². The summed E-state index contributed by atoms with van der Waals surface area (Å²) in [7, 11) is 1.79. The van der Waals surface area contributed by atoms with Gasteiger partial charge >= 0.3 is 6.36 Å².